The molecule has 0 aliphatic carbocycles. The standard InChI is InChI=1S/C14H18N2O.C2HF3O2/c1-10-3-2-4-11-12(10)14(9-16-13(11)17)5-7-15-8-6-14;3-2(4,5)1(6)7/h2-4,15H,5-9H2,1H3,(H,16,17);(H,6,7). The first-order valence-electron chi connectivity index (χ1n) is 7.56. The smallest absolute Gasteiger partial charge is 0.475 e. The predicted octanol–water partition coefficient (Wildman–Crippen LogP) is 1.99. The molecule has 2 aliphatic rings. The Hall–Kier alpha value is -2.09. The fourth-order valence-corrected chi connectivity index (χ4v) is 3.33. The quantitative estimate of drug-likeness (QED) is 0.673. The summed E-state index contributed by atoms with van der Waals surface area (Å²) < 4.78 is 31.7. The summed E-state index contributed by atoms with van der Waals surface area (Å²) in [6, 6.07) is 6.07. The molecule has 2 aliphatic heterocycles. The maximum atomic E-state index is 11.9. The van der Waals surface area contributed by atoms with Crippen LogP contribution >= 0.6 is 0 Å². The number of piperidine rings is 1. The maximum absolute atomic E-state index is 11.9. The molecule has 0 unspecified atom stereocenters. The van der Waals surface area contributed by atoms with Gasteiger partial charge in [0.05, 0.1) is 0 Å². The van der Waals surface area contributed by atoms with Gasteiger partial charge in [0, 0.05) is 17.5 Å². The SMILES string of the molecule is Cc1cccc2c1C1(CCNCC1)CNC2=O.O=C(O)C(F)(F)F. The number of aliphatic carboxylic acids is 1. The molecule has 1 fully saturated rings. The molecule has 2 heterocycles. The van der Waals surface area contributed by atoms with Gasteiger partial charge in [0.2, 0.25) is 0 Å². The predicted molar refractivity (Wildman–Crippen MR) is 81.0 cm³/mol. The Labute approximate surface area is 137 Å². The van der Waals surface area contributed by atoms with Crippen molar-refractivity contribution in [1.82, 2.24) is 10.6 Å². The second kappa shape index (κ2) is 6.80. The zero-order chi connectivity index (χ0) is 18.0. The van der Waals surface area contributed by atoms with Crippen molar-refractivity contribution in [3.8, 4) is 0 Å². The lowest BCUT2D eigenvalue weighted by Gasteiger charge is -2.43. The van der Waals surface area contributed by atoms with Crippen molar-refractivity contribution in [2.24, 2.45) is 0 Å². The van der Waals surface area contributed by atoms with Crippen molar-refractivity contribution >= 4 is 11.9 Å². The van der Waals surface area contributed by atoms with E-state index in [1.165, 1.54) is 11.1 Å². The van der Waals surface area contributed by atoms with Crippen LogP contribution in [0.15, 0.2) is 18.2 Å². The first-order valence-corrected chi connectivity index (χ1v) is 7.56. The van der Waals surface area contributed by atoms with E-state index in [0.717, 1.165) is 38.0 Å². The van der Waals surface area contributed by atoms with Crippen LogP contribution in [-0.2, 0) is 10.2 Å². The second-order valence-electron chi connectivity index (χ2n) is 6.01. The van der Waals surface area contributed by atoms with Gasteiger partial charge in [-0.2, -0.15) is 13.2 Å². The number of halogens is 3. The number of hydrogen-bond acceptors (Lipinski definition) is 3. The number of hydrogen-bond donors (Lipinski definition) is 3. The minimum atomic E-state index is -5.08. The number of carboxylic acids is 1. The lowest BCUT2D eigenvalue weighted by atomic mass is 9.68. The highest BCUT2D eigenvalue weighted by Gasteiger charge is 2.41. The highest BCUT2D eigenvalue weighted by Crippen LogP contribution is 2.39. The van der Waals surface area contributed by atoms with Gasteiger partial charge in [0.1, 0.15) is 0 Å². The molecule has 5 nitrogen and oxygen atoms in total. The van der Waals surface area contributed by atoms with Crippen molar-refractivity contribution < 1.29 is 27.9 Å². The minimum Gasteiger partial charge on any atom is -0.475 e. The van der Waals surface area contributed by atoms with Crippen LogP contribution in [0.1, 0.15) is 34.3 Å². The molecular weight excluding hydrogens is 325 g/mol. The van der Waals surface area contributed by atoms with Crippen LogP contribution in [0.25, 0.3) is 0 Å². The number of fused-ring (bicyclic) bond motifs is 2. The summed E-state index contributed by atoms with van der Waals surface area (Å²) in [5, 5.41) is 13.6. The summed E-state index contributed by atoms with van der Waals surface area (Å²) in [6.07, 6.45) is -2.85. The molecule has 0 atom stereocenters. The molecule has 24 heavy (non-hydrogen) atoms. The van der Waals surface area contributed by atoms with E-state index in [0.29, 0.717) is 0 Å². The van der Waals surface area contributed by atoms with Gasteiger partial charge < -0.3 is 15.7 Å². The molecule has 0 radical (unpaired) electrons. The molecule has 0 bridgehead atoms. The van der Waals surface area contributed by atoms with Gasteiger partial charge in [-0.05, 0) is 50.0 Å². The van der Waals surface area contributed by atoms with E-state index in [9.17, 15) is 18.0 Å². The van der Waals surface area contributed by atoms with Crippen LogP contribution in [0, 0.1) is 6.92 Å². The van der Waals surface area contributed by atoms with Crippen LogP contribution in [0.2, 0.25) is 0 Å². The summed E-state index contributed by atoms with van der Waals surface area (Å²) in [7, 11) is 0. The van der Waals surface area contributed by atoms with E-state index >= 15 is 0 Å². The van der Waals surface area contributed by atoms with E-state index in [-0.39, 0.29) is 11.3 Å². The summed E-state index contributed by atoms with van der Waals surface area (Å²) in [4.78, 5) is 20.8. The molecular formula is C16H19F3N2O3. The molecule has 3 rings (SSSR count). The second-order valence-corrected chi connectivity index (χ2v) is 6.01. The maximum Gasteiger partial charge on any atom is 0.490 e. The fourth-order valence-electron chi connectivity index (χ4n) is 3.33. The van der Waals surface area contributed by atoms with E-state index < -0.39 is 12.1 Å². The molecule has 0 saturated carbocycles. The van der Waals surface area contributed by atoms with Crippen molar-refractivity contribution in [3.63, 3.8) is 0 Å². The molecule has 132 valence electrons. The lowest BCUT2D eigenvalue weighted by Crippen LogP contribution is -2.52. The number of benzene rings is 1. The van der Waals surface area contributed by atoms with Crippen molar-refractivity contribution in [2.45, 2.75) is 31.4 Å². The highest BCUT2D eigenvalue weighted by atomic mass is 19.4. The van der Waals surface area contributed by atoms with Gasteiger partial charge in [-0.25, -0.2) is 4.79 Å². The number of aryl methyl sites for hydroxylation is 1. The minimum absolute atomic E-state index is 0.0906. The molecule has 1 aromatic carbocycles. The number of rotatable bonds is 0. The number of carboxylic acid groups (broad SMARTS) is 1. The van der Waals surface area contributed by atoms with E-state index in [1.54, 1.807) is 0 Å². The van der Waals surface area contributed by atoms with Crippen molar-refractivity contribution in [1.29, 1.82) is 0 Å². The summed E-state index contributed by atoms with van der Waals surface area (Å²) in [6.45, 7) is 5.01. The van der Waals surface area contributed by atoms with Gasteiger partial charge in [0.25, 0.3) is 5.91 Å². The fraction of sp³-hybridized carbons (Fsp3) is 0.500. The third kappa shape index (κ3) is 3.69. The molecule has 1 spiro atoms. The number of amides is 1. The third-order valence-electron chi connectivity index (χ3n) is 4.44. The Morgan fingerprint density at radius 2 is 1.83 bits per heavy atom. The highest BCUT2D eigenvalue weighted by molar-refractivity contribution is 5.97. The summed E-state index contributed by atoms with van der Waals surface area (Å²) in [5.41, 5.74) is 3.61. The molecule has 1 aromatic rings. The van der Waals surface area contributed by atoms with Crippen molar-refractivity contribution in [3.05, 3.63) is 34.9 Å². The van der Waals surface area contributed by atoms with Gasteiger partial charge >= 0.3 is 12.1 Å². The Balaban J connectivity index is 0.000000256. The van der Waals surface area contributed by atoms with E-state index in [2.05, 4.69) is 23.6 Å². The van der Waals surface area contributed by atoms with Gasteiger partial charge in [0.15, 0.2) is 0 Å². The lowest BCUT2D eigenvalue weighted by molar-refractivity contribution is -0.192. The Bertz CT molecular complexity index is 638. The number of carbonyl (C=O) groups excluding carboxylic acids is 1. The first kappa shape index (κ1) is 18.3. The topological polar surface area (TPSA) is 78.4 Å². The van der Waals surface area contributed by atoms with Crippen LogP contribution in [0.3, 0.4) is 0 Å². The molecule has 3 N–H and O–H groups in total. The monoisotopic (exact) mass is 344 g/mol. The van der Waals surface area contributed by atoms with Crippen LogP contribution in [0.4, 0.5) is 13.2 Å². The Kier molecular flexibility index (Phi) is 5.17. The molecule has 0 aromatic heterocycles. The van der Waals surface area contributed by atoms with Crippen molar-refractivity contribution in [2.75, 3.05) is 19.6 Å². The van der Waals surface area contributed by atoms with Crippen LogP contribution in [0.5, 0.6) is 0 Å². The van der Waals surface area contributed by atoms with E-state index in [1.807, 2.05) is 12.1 Å². The van der Waals surface area contributed by atoms with Crippen LogP contribution in [-0.4, -0.2) is 42.8 Å². The number of alkyl halides is 3. The third-order valence-corrected chi connectivity index (χ3v) is 4.44. The van der Waals surface area contributed by atoms with E-state index in [4.69, 9.17) is 9.90 Å². The van der Waals surface area contributed by atoms with Crippen LogP contribution < -0.4 is 10.6 Å². The largest absolute Gasteiger partial charge is 0.490 e. The number of carbonyl (C=O) groups is 2. The molecule has 1 saturated heterocycles. The number of nitrogens with one attached hydrogen (secondary N) is 2. The van der Waals surface area contributed by atoms with Gasteiger partial charge in [-0.3, -0.25) is 4.79 Å². The zero-order valence-electron chi connectivity index (χ0n) is 13.2. The average Bonchev–Trinajstić information content (AvgIpc) is 2.52. The molecule has 1 amide bonds. The summed E-state index contributed by atoms with van der Waals surface area (Å²) in [5.74, 6) is -2.67. The normalized spacial score (nSPS) is 18.9. The molecule has 8 heteroatoms. The van der Waals surface area contributed by atoms with Gasteiger partial charge in [-0.1, -0.05) is 12.1 Å². The average molecular weight is 344 g/mol. The Morgan fingerprint density at radius 3 is 2.38 bits per heavy atom. The zero-order valence-corrected chi connectivity index (χ0v) is 13.2. The Morgan fingerprint density at radius 1 is 1.25 bits per heavy atom. The first-order chi connectivity index (χ1) is 11.2. The van der Waals surface area contributed by atoms with Gasteiger partial charge in [-0.15, -0.1) is 0 Å². The summed E-state index contributed by atoms with van der Waals surface area (Å²) >= 11 is 0.